The first-order valence-corrected chi connectivity index (χ1v) is 2.30. The molecule has 44 valence electrons. The second kappa shape index (κ2) is 2.07. The summed E-state index contributed by atoms with van der Waals surface area (Å²) in [7, 11) is 0. The van der Waals surface area contributed by atoms with Gasteiger partial charge in [0.15, 0.2) is 12.1 Å². The van der Waals surface area contributed by atoms with Crippen molar-refractivity contribution >= 4 is 5.78 Å². The third-order valence-electron chi connectivity index (χ3n) is 0.843. The zero-order valence-corrected chi connectivity index (χ0v) is 4.20. The lowest BCUT2D eigenvalue weighted by atomic mass is 10.3. The summed E-state index contributed by atoms with van der Waals surface area (Å²) >= 11 is 0. The number of ketones is 1. The Balaban J connectivity index is 2.55. The van der Waals surface area contributed by atoms with Crippen LogP contribution in [0.1, 0.15) is 0 Å². The number of aliphatic hydroxyl groups is 1. The molecule has 0 amide bonds. The van der Waals surface area contributed by atoms with Gasteiger partial charge in [-0.1, -0.05) is 0 Å². The first kappa shape index (κ1) is 5.47. The fourth-order valence-corrected chi connectivity index (χ4v) is 0.461. The molecule has 0 radical (unpaired) electrons. The topological polar surface area (TPSA) is 46.5 Å². The van der Waals surface area contributed by atoms with Crippen LogP contribution in [0.15, 0.2) is 12.2 Å². The van der Waals surface area contributed by atoms with E-state index in [4.69, 9.17) is 5.11 Å². The van der Waals surface area contributed by atoms with Gasteiger partial charge in [-0.05, 0) is 12.2 Å². The van der Waals surface area contributed by atoms with Crippen LogP contribution in [-0.2, 0) is 9.53 Å². The first-order chi connectivity index (χ1) is 3.79. The minimum atomic E-state index is -0.882. The molecule has 1 N–H and O–H groups in total. The molecule has 0 aromatic carbocycles. The standard InChI is InChI=1S/C5H6O3/c6-4-1-2-5(7)8-3-4/h1-2,5,7H,3H2. The number of hydrogen-bond donors (Lipinski definition) is 1. The highest BCUT2D eigenvalue weighted by molar-refractivity contribution is 5.91. The van der Waals surface area contributed by atoms with Gasteiger partial charge in [0.2, 0.25) is 0 Å². The Morgan fingerprint density at radius 3 is 3.00 bits per heavy atom. The largest absolute Gasteiger partial charge is 0.365 e. The van der Waals surface area contributed by atoms with Crippen molar-refractivity contribution in [1.82, 2.24) is 0 Å². The van der Waals surface area contributed by atoms with Crippen LogP contribution in [0.5, 0.6) is 0 Å². The molecule has 1 unspecified atom stereocenters. The molecule has 1 aliphatic rings. The molecule has 3 heteroatoms. The second-order valence-electron chi connectivity index (χ2n) is 1.53. The maximum atomic E-state index is 10.3. The SMILES string of the molecule is O=C1C=CC(O)OC1. The molecular formula is C5H6O3. The maximum Gasteiger partial charge on any atom is 0.181 e. The molecule has 0 aliphatic carbocycles. The zero-order chi connectivity index (χ0) is 5.98. The number of carbonyl (C=O) groups is 1. The molecule has 0 saturated heterocycles. The van der Waals surface area contributed by atoms with E-state index >= 15 is 0 Å². The van der Waals surface area contributed by atoms with Crippen molar-refractivity contribution < 1.29 is 14.6 Å². The van der Waals surface area contributed by atoms with Gasteiger partial charge in [-0.3, -0.25) is 4.79 Å². The summed E-state index contributed by atoms with van der Waals surface area (Å²) in [6, 6.07) is 0. The Morgan fingerprint density at radius 1 is 1.88 bits per heavy atom. The van der Waals surface area contributed by atoms with Crippen LogP contribution in [0, 0.1) is 0 Å². The van der Waals surface area contributed by atoms with Crippen molar-refractivity contribution in [3.8, 4) is 0 Å². The van der Waals surface area contributed by atoms with Crippen LogP contribution in [0.3, 0.4) is 0 Å². The van der Waals surface area contributed by atoms with Crippen molar-refractivity contribution in [2.45, 2.75) is 6.29 Å². The van der Waals surface area contributed by atoms with Gasteiger partial charge in [0.05, 0.1) is 0 Å². The maximum absolute atomic E-state index is 10.3. The fraction of sp³-hybridized carbons (Fsp3) is 0.400. The Bertz CT molecular complexity index is 128. The van der Waals surface area contributed by atoms with E-state index < -0.39 is 6.29 Å². The van der Waals surface area contributed by atoms with Gasteiger partial charge in [0, 0.05) is 0 Å². The van der Waals surface area contributed by atoms with E-state index in [1.807, 2.05) is 0 Å². The summed E-state index contributed by atoms with van der Waals surface area (Å²) in [4.78, 5) is 10.3. The van der Waals surface area contributed by atoms with Gasteiger partial charge in [-0.2, -0.15) is 0 Å². The van der Waals surface area contributed by atoms with Crippen LogP contribution in [-0.4, -0.2) is 23.8 Å². The summed E-state index contributed by atoms with van der Waals surface area (Å²) in [5.74, 6) is -0.102. The van der Waals surface area contributed by atoms with Crippen molar-refractivity contribution in [2.24, 2.45) is 0 Å². The third kappa shape index (κ3) is 1.15. The molecule has 0 aromatic heterocycles. The van der Waals surface area contributed by atoms with Gasteiger partial charge in [-0.15, -0.1) is 0 Å². The van der Waals surface area contributed by atoms with E-state index in [2.05, 4.69) is 4.74 Å². The van der Waals surface area contributed by atoms with Crippen molar-refractivity contribution in [3.63, 3.8) is 0 Å². The second-order valence-corrected chi connectivity index (χ2v) is 1.53. The summed E-state index contributed by atoms with van der Waals surface area (Å²) in [5.41, 5.74) is 0. The lowest BCUT2D eigenvalue weighted by molar-refractivity contribution is -0.131. The normalized spacial score (nSPS) is 28.6. The highest BCUT2D eigenvalue weighted by Gasteiger charge is 2.07. The first-order valence-electron chi connectivity index (χ1n) is 2.30. The van der Waals surface area contributed by atoms with E-state index in [0.29, 0.717) is 0 Å². The number of rotatable bonds is 0. The minimum absolute atomic E-state index is 0.00231. The van der Waals surface area contributed by atoms with Gasteiger partial charge < -0.3 is 9.84 Å². The number of hydrogen-bond acceptors (Lipinski definition) is 3. The number of aliphatic hydroxyl groups excluding tert-OH is 1. The molecule has 0 fully saturated rings. The minimum Gasteiger partial charge on any atom is -0.365 e. The molecule has 0 aromatic rings. The van der Waals surface area contributed by atoms with Crippen LogP contribution < -0.4 is 0 Å². The fourth-order valence-electron chi connectivity index (χ4n) is 0.461. The van der Waals surface area contributed by atoms with E-state index in [1.54, 1.807) is 0 Å². The number of ether oxygens (including phenoxy) is 1. The van der Waals surface area contributed by atoms with Crippen molar-refractivity contribution in [3.05, 3.63) is 12.2 Å². The molecule has 0 bridgehead atoms. The molecule has 1 heterocycles. The van der Waals surface area contributed by atoms with Crippen LogP contribution in [0.25, 0.3) is 0 Å². The molecule has 3 nitrogen and oxygen atoms in total. The summed E-state index contributed by atoms with van der Waals surface area (Å²) < 4.78 is 4.51. The van der Waals surface area contributed by atoms with Gasteiger partial charge in [0.25, 0.3) is 0 Å². The molecule has 1 atom stereocenters. The van der Waals surface area contributed by atoms with E-state index in [9.17, 15) is 4.79 Å². The van der Waals surface area contributed by atoms with Gasteiger partial charge in [0.1, 0.15) is 6.61 Å². The molecular weight excluding hydrogens is 108 g/mol. The summed E-state index contributed by atoms with van der Waals surface area (Å²) in [6.07, 6.45) is 1.74. The van der Waals surface area contributed by atoms with Crippen LogP contribution >= 0.6 is 0 Å². The molecule has 1 rings (SSSR count). The lowest BCUT2D eigenvalue weighted by Gasteiger charge is -2.08. The predicted octanol–water partition coefficient (Wildman–Crippen LogP) is -0.540. The van der Waals surface area contributed by atoms with Crippen LogP contribution in [0.4, 0.5) is 0 Å². The van der Waals surface area contributed by atoms with E-state index in [0.717, 1.165) is 0 Å². The van der Waals surface area contributed by atoms with Crippen molar-refractivity contribution in [2.75, 3.05) is 6.61 Å². The average Bonchev–Trinajstić information content (AvgIpc) is 1.77. The Kier molecular flexibility index (Phi) is 1.41. The Morgan fingerprint density at radius 2 is 2.62 bits per heavy atom. The van der Waals surface area contributed by atoms with Gasteiger partial charge in [-0.25, -0.2) is 0 Å². The third-order valence-corrected chi connectivity index (χ3v) is 0.843. The molecule has 0 spiro atoms. The van der Waals surface area contributed by atoms with E-state index in [-0.39, 0.29) is 12.4 Å². The quantitative estimate of drug-likeness (QED) is 0.460. The highest BCUT2D eigenvalue weighted by atomic mass is 16.6. The Labute approximate surface area is 46.6 Å². The predicted molar refractivity (Wildman–Crippen MR) is 26.1 cm³/mol. The smallest absolute Gasteiger partial charge is 0.181 e. The monoisotopic (exact) mass is 114 g/mol. The molecule has 1 aliphatic heterocycles. The van der Waals surface area contributed by atoms with Crippen LogP contribution in [0.2, 0.25) is 0 Å². The van der Waals surface area contributed by atoms with Gasteiger partial charge >= 0.3 is 0 Å². The summed E-state index contributed by atoms with van der Waals surface area (Å²) in [5, 5.41) is 8.57. The molecule has 8 heavy (non-hydrogen) atoms. The van der Waals surface area contributed by atoms with E-state index in [1.165, 1.54) is 12.2 Å². The number of carbonyl (C=O) groups excluding carboxylic acids is 1. The Hall–Kier alpha value is -0.670. The average molecular weight is 114 g/mol. The summed E-state index contributed by atoms with van der Waals surface area (Å²) in [6.45, 7) is -0.00231. The van der Waals surface area contributed by atoms with Crippen molar-refractivity contribution in [1.29, 1.82) is 0 Å². The highest BCUT2D eigenvalue weighted by Crippen LogP contribution is 1.96. The molecule has 0 saturated carbocycles. The zero-order valence-electron chi connectivity index (χ0n) is 4.20. The lowest BCUT2D eigenvalue weighted by Crippen LogP contribution is -2.19.